The number of methoxy groups -OCH3 is 1. The van der Waals surface area contributed by atoms with E-state index in [2.05, 4.69) is 41.7 Å². The van der Waals surface area contributed by atoms with Gasteiger partial charge in [-0.25, -0.2) is 0 Å². The van der Waals surface area contributed by atoms with E-state index in [0.29, 0.717) is 6.61 Å². The minimum atomic E-state index is 0.0221. The highest BCUT2D eigenvalue weighted by Crippen LogP contribution is 2.33. The van der Waals surface area contributed by atoms with E-state index in [1.807, 2.05) is 18.2 Å². The summed E-state index contributed by atoms with van der Waals surface area (Å²) < 4.78 is 10.9. The number of hydrogen-bond donors (Lipinski definition) is 2. The van der Waals surface area contributed by atoms with Crippen molar-refractivity contribution in [2.45, 2.75) is 18.9 Å². The molecule has 2 aromatic rings. The first-order valence-electron chi connectivity index (χ1n) is 8.87. The number of hydrogen-bond acceptors (Lipinski definition) is 4. The Kier molecular flexibility index (Phi) is 6.08. The molecular weight excluding hydrogens is 314 g/mol. The van der Waals surface area contributed by atoms with E-state index in [1.165, 1.54) is 11.1 Å². The molecule has 4 heteroatoms. The van der Waals surface area contributed by atoms with Gasteiger partial charge in [0.1, 0.15) is 5.75 Å². The molecule has 4 nitrogen and oxygen atoms in total. The number of aliphatic hydroxyl groups is 1. The van der Waals surface area contributed by atoms with Crippen molar-refractivity contribution in [2.24, 2.45) is 5.41 Å². The van der Waals surface area contributed by atoms with Gasteiger partial charge in [0.05, 0.1) is 19.8 Å². The molecule has 1 heterocycles. The summed E-state index contributed by atoms with van der Waals surface area (Å²) in [6, 6.07) is 18.8. The van der Waals surface area contributed by atoms with Gasteiger partial charge in [0.15, 0.2) is 0 Å². The van der Waals surface area contributed by atoms with Crippen LogP contribution in [-0.2, 0) is 4.74 Å². The van der Waals surface area contributed by atoms with E-state index in [-0.39, 0.29) is 18.1 Å². The molecule has 25 heavy (non-hydrogen) atoms. The van der Waals surface area contributed by atoms with Gasteiger partial charge < -0.3 is 19.9 Å². The Bertz CT molecular complexity index is 636. The van der Waals surface area contributed by atoms with Crippen LogP contribution in [0.3, 0.4) is 0 Å². The van der Waals surface area contributed by atoms with E-state index >= 15 is 0 Å². The van der Waals surface area contributed by atoms with Gasteiger partial charge in [0.2, 0.25) is 0 Å². The van der Waals surface area contributed by atoms with E-state index in [9.17, 15) is 5.11 Å². The molecule has 1 aliphatic heterocycles. The normalized spacial score (nSPS) is 21.2. The van der Waals surface area contributed by atoms with Crippen molar-refractivity contribution in [3.05, 3.63) is 65.7 Å². The summed E-state index contributed by atoms with van der Waals surface area (Å²) in [6.07, 6.45) is 1.76. The third-order valence-corrected chi connectivity index (χ3v) is 5.09. The lowest BCUT2D eigenvalue weighted by molar-refractivity contribution is 0.123. The fourth-order valence-electron chi connectivity index (χ4n) is 3.50. The number of benzene rings is 2. The van der Waals surface area contributed by atoms with Crippen LogP contribution in [0.1, 0.15) is 30.0 Å². The Balaban J connectivity index is 1.81. The van der Waals surface area contributed by atoms with E-state index in [4.69, 9.17) is 9.47 Å². The second-order valence-corrected chi connectivity index (χ2v) is 6.77. The molecule has 0 saturated carbocycles. The average Bonchev–Trinajstić information content (AvgIpc) is 3.12. The Morgan fingerprint density at radius 3 is 2.44 bits per heavy atom. The Hall–Kier alpha value is -1.88. The zero-order valence-corrected chi connectivity index (χ0v) is 14.8. The molecule has 0 aliphatic carbocycles. The van der Waals surface area contributed by atoms with Crippen molar-refractivity contribution >= 4 is 0 Å². The molecule has 0 bridgehead atoms. The maximum Gasteiger partial charge on any atom is 0.118 e. The molecular formula is C21H27NO3. The van der Waals surface area contributed by atoms with Crippen molar-refractivity contribution in [1.82, 2.24) is 5.32 Å². The molecule has 0 spiro atoms. The summed E-state index contributed by atoms with van der Waals surface area (Å²) in [5.74, 6) is 0.858. The highest BCUT2D eigenvalue weighted by atomic mass is 16.5. The molecule has 0 aromatic heterocycles. The van der Waals surface area contributed by atoms with Crippen LogP contribution in [0.15, 0.2) is 54.6 Å². The van der Waals surface area contributed by atoms with Crippen molar-refractivity contribution in [3.8, 4) is 5.75 Å². The summed E-state index contributed by atoms with van der Waals surface area (Å²) in [5.41, 5.74) is 2.45. The van der Waals surface area contributed by atoms with Gasteiger partial charge in [-0.3, -0.25) is 0 Å². The fraction of sp³-hybridized carbons (Fsp3) is 0.429. The smallest absolute Gasteiger partial charge is 0.118 e. The Labute approximate surface area is 149 Å². The van der Waals surface area contributed by atoms with Gasteiger partial charge in [-0.05, 0) is 36.1 Å². The predicted molar refractivity (Wildman–Crippen MR) is 98.9 cm³/mol. The van der Waals surface area contributed by atoms with Crippen LogP contribution in [0, 0.1) is 5.41 Å². The second-order valence-electron chi connectivity index (χ2n) is 6.77. The zero-order chi connectivity index (χ0) is 17.5. The number of nitrogens with one attached hydrogen (secondary N) is 1. The summed E-state index contributed by atoms with van der Waals surface area (Å²) in [5, 5.41) is 13.2. The van der Waals surface area contributed by atoms with Gasteiger partial charge in [0.25, 0.3) is 0 Å². The molecule has 0 radical (unpaired) electrons. The number of ether oxygens (including phenoxy) is 2. The molecule has 1 fully saturated rings. The summed E-state index contributed by atoms with van der Waals surface area (Å²) in [4.78, 5) is 0. The molecule has 1 saturated heterocycles. The van der Waals surface area contributed by atoms with Gasteiger partial charge in [0, 0.05) is 25.2 Å². The number of rotatable bonds is 8. The Morgan fingerprint density at radius 1 is 1.12 bits per heavy atom. The van der Waals surface area contributed by atoms with Crippen LogP contribution in [0.2, 0.25) is 0 Å². The maximum atomic E-state index is 9.45. The van der Waals surface area contributed by atoms with Crippen LogP contribution in [0.25, 0.3) is 0 Å². The molecule has 2 unspecified atom stereocenters. The third-order valence-electron chi connectivity index (χ3n) is 5.09. The van der Waals surface area contributed by atoms with Gasteiger partial charge in [-0.1, -0.05) is 42.5 Å². The Morgan fingerprint density at radius 2 is 1.84 bits per heavy atom. The fourth-order valence-corrected chi connectivity index (χ4v) is 3.50. The number of aliphatic hydroxyl groups excluding tert-OH is 1. The van der Waals surface area contributed by atoms with Crippen LogP contribution >= 0.6 is 0 Å². The zero-order valence-electron chi connectivity index (χ0n) is 14.8. The molecule has 134 valence electrons. The van der Waals surface area contributed by atoms with E-state index in [1.54, 1.807) is 7.11 Å². The lowest BCUT2D eigenvalue weighted by Gasteiger charge is -2.30. The standard InChI is InChI=1S/C21H27NO3/c1-24-19-9-7-18(8-10-19)20(17-5-3-2-4-6-17)22-15-21(11-13-23)12-14-25-16-21/h2-10,20,22-23H,11-16H2,1H3. The highest BCUT2D eigenvalue weighted by Gasteiger charge is 2.35. The minimum Gasteiger partial charge on any atom is -0.497 e. The first kappa shape index (κ1) is 17.9. The quantitative estimate of drug-likeness (QED) is 0.774. The molecule has 2 N–H and O–H groups in total. The van der Waals surface area contributed by atoms with Crippen molar-refractivity contribution < 1.29 is 14.6 Å². The minimum absolute atomic E-state index is 0.0221. The van der Waals surface area contributed by atoms with Crippen LogP contribution in [0.4, 0.5) is 0 Å². The molecule has 0 amide bonds. The average molecular weight is 341 g/mol. The van der Waals surface area contributed by atoms with Crippen molar-refractivity contribution in [3.63, 3.8) is 0 Å². The lowest BCUT2D eigenvalue weighted by atomic mass is 9.83. The second kappa shape index (κ2) is 8.48. The summed E-state index contributed by atoms with van der Waals surface area (Å²) in [6.45, 7) is 2.51. The maximum absolute atomic E-state index is 9.45. The van der Waals surface area contributed by atoms with Gasteiger partial charge >= 0.3 is 0 Å². The largest absolute Gasteiger partial charge is 0.497 e. The highest BCUT2D eigenvalue weighted by molar-refractivity contribution is 5.35. The van der Waals surface area contributed by atoms with Gasteiger partial charge in [-0.2, -0.15) is 0 Å². The van der Waals surface area contributed by atoms with Crippen LogP contribution in [0.5, 0.6) is 5.75 Å². The monoisotopic (exact) mass is 341 g/mol. The topological polar surface area (TPSA) is 50.7 Å². The van der Waals surface area contributed by atoms with E-state index in [0.717, 1.165) is 31.7 Å². The van der Waals surface area contributed by atoms with Crippen molar-refractivity contribution in [1.29, 1.82) is 0 Å². The molecule has 2 aromatic carbocycles. The van der Waals surface area contributed by atoms with Gasteiger partial charge in [-0.15, -0.1) is 0 Å². The molecule has 1 aliphatic rings. The predicted octanol–water partition coefficient (Wildman–Crippen LogP) is 3.16. The first-order valence-corrected chi connectivity index (χ1v) is 8.87. The third kappa shape index (κ3) is 4.40. The SMILES string of the molecule is COc1ccc(C(NCC2(CCO)CCOC2)c2ccccc2)cc1. The summed E-state index contributed by atoms with van der Waals surface area (Å²) >= 11 is 0. The molecule has 2 atom stereocenters. The summed E-state index contributed by atoms with van der Waals surface area (Å²) in [7, 11) is 1.68. The first-order chi connectivity index (χ1) is 12.3. The van der Waals surface area contributed by atoms with Crippen LogP contribution < -0.4 is 10.1 Å². The van der Waals surface area contributed by atoms with Crippen molar-refractivity contribution in [2.75, 3.05) is 33.5 Å². The molecule has 3 rings (SSSR count). The lowest BCUT2D eigenvalue weighted by Crippen LogP contribution is -2.38. The van der Waals surface area contributed by atoms with Crippen LogP contribution in [-0.4, -0.2) is 38.6 Å². The van der Waals surface area contributed by atoms with E-state index < -0.39 is 0 Å².